The van der Waals surface area contributed by atoms with E-state index in [4.69, 9.17) is 4.74 Å². The lowest BCUT2D eigenvalue weighted by atomic mass is 9.96. The van der Waals surface area contributed by atoms with Crippen LogP contribution in [0, 0.1) is 5.92 Å². The Morgan fingerprint density at radius 2 is 1.93 bits per heavy atom. The van der Waals surface area contributed by atoms with Gasteiger partial charge in [-0.25, -0.2) is 0 Å². The first-order chi connectivity index (χ1) is 12.9. The molecule has 2 fully saturated rings. The number of pyridine rings is 1. The van der Waals surface area contributed by atoms with Gasteiger partial charge in [0, 0.05) is 32.4 Å². The van der Waals surface area contributed by atoms with Crippen molar-refractivity contribution in [2.75, 3.05) is 44.3 Å². The second-order valence-corrected chi connectivity index (χ2v) is 6.87. The molecule has 2 aliphatic heterocycles. The van der Waals surface area contributed by atoms with E-state index in [9.17, 15) is 18.0 Å². The van der Waals surface area contributed by atoms with Crippen molar-refractivity contribution in [3.8, 4) is 0 Å². The molecule has 2 aromatic rings. The minimum absolute atomic E-state index is 0.0767. The highest BCUT2D eigenvalue weighted by molar-refractivity contribution is 5.79. The molecule has 1 unspecified atom stereocenters. The fourth-order valence-electron chi connectivity index (χ4n) is 3.66. The Hall–Kier alpha value is -2.36. The van der Waals surface area contributed by atoms with Crippen LogP contribution in [0.5, 0.6) is 0 Å². The maximum atomic E-state index is 13.0. The standard InChI is InChI=1S/C17H20F3N5O2/c18-17(19,20)13-3-4-14-21-22-16(25(14)11-13)24-5-1-2-12(10-24)15(26)23-6-8-27-9-7-23/h3-4,11-12H,1-2,5-10H2. The quantitative estimate of drug-likeness (QED) is 0.792. The second kappa shape index (κ2) is 6.99. The number of carbonyl (C=O) groups is 1. The van der Waals surface area contributed by atoms with Gasteiger partial charge in [0.2, 0.25) is 11.9 Å². The summed E-state index contributed by atoms with van der Waals surface area (Å²) >= 11 is 0. The molecule has 0 aliphatic carbocycles. The number of ether oxygens (including phenoxy) is 1. The van der Waals surface area contributed by atoms with Gasteiger partial charge in [0.1, 0.15) is 0 Å². The zero-order valence-corrected chi connectivity index (χ0v) is 14.7. The summed E-state index contributed by atoms with van der Waals surface area (Å²) in [7, 11) is 0. The molecule has 1 atom stereocenters. The fourth-order valence-corrected chi connectivity index (χ4v) is 3.66. The lowest BCUT2D eigenvalue weighted by molar-refractivity contribution is -0.140. The number of anilines is 1. The minimum Gasteiger partial charge on any atom is -0.378 e. The van der Waals surface area contributed by atoms with E-state index in [2.05, 4.69) is 10.2 Å². The summed E-state index contributed by atoms with van der Waals surface area (Å²) in [5.74, 6) is 0.221. The summed E-state index contributed by atoms with van der Waals surface area (Å²) in [6.07, 6.45) is -1.89. The molecule has 0 aromatic carbocycles. The van der Waals surface area contributed by atoms with Crippen molar-refractivity contribution in [3.05, 3.63) is 23.9 Å². The van der Waals surface area contributed by atoms with Crippen molar-refractivity contribution in [1.29, 1.82) is 0 Å². The number of halogens is 3. The predicted octanol–water partition coefficient (Wildman–Crippen LogP) is 1.82. The maximum Gasteiger partial charge on any atom is 0.417 e. The molecule has 0 bridgehead atoms. The van der Waals surface area contributed by atoms with Gasteiger partial charge in [-0.1, -0.05) is 0 Å². The largest absolute Gasteiger partial charge is 0.417 e. The molecular weight excluding hydrogens is 363 g/mol. The Morgan fingerprint density at radius 3 is 2.67 bits per heavy atom. The van der Waals surface area contributed by atoms with Gasteiger partial charge in [0.25, 0.3) is 0 Å². The molecule has 4 rings (SSSR count). The third-order valence-electron chi connectivity index (χ3n) is 5.09. The summed E-state index contributed by atoms with van der Waals surface area (Å²) in [6, 6.07) is 2.30. The van der Waals surface area contributed by atoms with Crippen LogP contribution in [0.1, 0.15) is 18.4 Å². The van der Waals surface area contributed by atoms with Crippen LogP contribution in [0.4, 0.5) is 19.1 Å². The van der Waals surface area contributed by atoms with Gasteiger partial charge in [0.15, 0.2) is 5.65 Å². The van der Waals surface area contributed by atoms with Gasteiger partial charge in [-0.2, -0.15) is 13.2 Å². The number of carbonyl (C=O) groups excluding carboxylic acids is 1. The molecule has 0 N–H and O–H groups in total. The van der Waals surface area contributed by atoms with Crippen molar-refractivity contribution in [2.24, 2.45) is 5.92 Å². The number of aromatic nitrogens is 3. The fraction of sp³-hybridized carbons (Fsp3) is 0.588. The van der Waals surface area contributed by atoms with Crippen molar-refractivity contribution in [2.45, 2.75) is 19.0 Å². The highest BCUT2D eigenvalue weighted by Crippen LogP contribution is 2.31. The number of alkyl halides is 3. The van der Waals surface area contributed by atoms with E-state index < -0.39 is 11.7 Å². The zero-order valence-electron chi connectivity index (χ0n) is 14.7. The van der Waals surface area contributed by atoms with Gasteiger partial charge < -0.3 is 14.5 Å². The minimum atomic E-state index is -4.44. The number of nitrogens with zero attached hydrogens (tertiary/aromatic N) is 5. The lowest BCUT2D eigenvalue weighted by Gasteiger charge is -2.36. The molecule has 7 nitrogen and oxygen atoms in total. The van der Waals surface area contributed by atoms with Gasteiger partial charge in [-0.3, -0.25) is 9.20 Å². The van der Waals surface area contributed by atoms with Crippen LogP contribution in [-0.4, -0.2) is 64.8 Å². The molecule has 2 aromatic heterocycles. The lowest BCUT2D eigenvalue weighted by Crippen LogP contribution is -2.48. The van der Waals surface area contributed by atoms with E-state index in [0.717, 1.165) is 25.1 Å². The molecule has 4 heterocycles. The van der Waals surface area contributed by atoms with Crippen molar-refractivity contribution >= 4 is 17.5 Å². The summed E-state index contributed by atoms with van der Waals surface area (Å²) in [5.41, 5.74) is -0.409. The topological polar surface area (TPSA) is 63.0 Å². The molecule has 2 aliphatic rings. The summed E-state index contributed by atoms with van der Waals surface area (Å²) in [6.45, 7) is 3.29. The molecule has 0 radical (unpaired) electrons. The molecule has 27 heavy (non-hydrogen) atoms. The number of rotatable bonds is 2. The normalized spacial score (nSPS) is 21.7. The second-order valence-electron chi connectivity index (χ2n) is 6.87. The predicted molar refractivity (Wildman–Crippen MR) is 90.3 cm³/mol. The van der Waals surface area contributed by atoms with E-state index in [1.54, 1.807) is 4.90 Å². The van der Waals surface area contributed by atoms with Crippen molar-refractivity contribution in [3.63, 3.8) is 0 Å². The van der Waals surface area contributed by atoms with Crippen LogP contribution in [0.2, 0.25) is 0 Å². The average Bonchev–Trinajstić information content (AvgIpc) is 3.11. The first kappa shape index (κ1) is 18.0. The third-order valence-corrected chi connectivity index (χ3v) is 5.09. The van der Waals surface area contributed by atoms with Crippen LogP contribution in [0.25, 0.3) is 5.65 Å². The van der Waals surface area contributed by atoms with Gasteiger partial charge in [-0.05, 0) is 25.0 Å². The van der Waals surface area contributed by atoms with Crippen LogP contribution >= 0.6 is 0 Å². The SMILES string of the molecule is O=C(C1CCCN(c2nnc3ccc(C(F)(F)F)cn23)C1)N1CCOCC1. The van der Waals surface area contributed by atoms with Crippen LogP contribution in [0.3, 0.4) is 0 Å². The number of morpholine rings is 1. The Balaban J connectivity index is 1.56. The van der Waals surface area contributed by atoms with Gasteiger partial charge >= 0.3 is 6.18 Å². The van der Waals surface area contributed by atoms with E-state index in [0.29, 0.717) is 51.0 Å². The molecule has 10 heteroatoms. The molecule has 1 amide bonds. The van der Waals surface area contributed by atoms with Crippen LogP contribution in [-0.2, 0) is 15.7 Å². The van der Waals surface area contributed by atoms with Gasteiger partial charge in [-0.15, -0.1) is 10.2 Å². The smallest absolute Gasteiger partial charge is 0.378 e. The average molecular weight is 383 g/mol. The molecule has 146 valence electrons. The number of amides is 1. The van der Waals surface area contributed by atoms with Crippen molar-refractivity contribution in [1.82, 2.24) is 19.5 Å². The molecule has 0 spiro atoms. The van der Waals surface area contributed by atoms with Crippen molar-refractivity contribution < 1.29 is 22.7 Å². The molecule has 2 saturated heterocycles. The maximum absolute atomic E-state index is 13.0. The van der Waals surface area contributed by atoms with E-state index >= 15 is 0 Å². The highest BCUT2D eigenvalue weighted by Gasteiger charge is 2.33. The van der Waals surface area contributed by atoms with E-state index in [1.807, 2.05) is 4.90 Å². The Labute approximate surface area is 153 Å². The summed E-state index contributed by atoms with van der Waals surface area (Å²) < 4.78 is 45.8. The molecule has 0 saturated carbocycles. The zero-order chi connectivity index (χ0) is 19.0. The van der Waals surface area contributed by atoms with Crippen LogP contribution in [0.15, 0.2) is 18.3 Å². The third kappa shape index (κ3) is 3.58. The Bertz CT molecular complexity index is 832. The number of hydrogen-bond donors (Lipinski definition) is 0. The van der Waals surface area contributed by atoms with Gasteiger partial charge in [0.05, 0.1) is 24.7 Å². The highest BCUT2D eigenvalue weighted by atomic mass is 19.4. The molecular formula is C17H20F3N5O2. The number of piperidine rings is 1. The van der Waals surface area contributed by atoms with E-state index in [1.165, 1.54) is 10.5 Å². The summed E-state index contributed by atoms with van der Waals surface area (Å²) in [4.78, 5) is 16.4. The first-order valence-electron chi connectivity index (χ1n) is 8.97. The first-order valence-corrected chi connectivity index (χ1v) is 8.97. The summed E-state index contributed by atoms with van der Waals surface area (Å²) in [5, 5.41) is 8.04. The monoisotopic (exact) mass is 383 g/mol. The van der Waals surface area contributed by atoms with Crippen LogP contribution < -0.4 is 4.90 Å². The number of fused-ring (bicyclic) bond motifs is 1. The Morgan fingerprint density at radius 1 is 1.15 bits per heavy atom. The van der Waals surface area contributed by atoms with E-state index in [-0.39, 0.29) is 11.8 Å². The Kier molecular flexibility index (Phi) is 4.67. The number of hydrogen-bond acceptors (Lipinski definition) is 5.